The summed E-state index contributed by atoms with van der Waals surface area (Å²) in [5.74, 6) is 0.310. The third-order valence-electron chi connectivity index (χ3n) is 7.51. The molecule has 32 heavy (non-hydrogen) atoms. The Morgan fingerprint density at radius 2 is 1.81 bits per heavy atom. The number of rotatable bonds is 9. The van der Waals surface area contributed by atoms with Crippen molar-refractivity contribution in [1.82, 2.24) is 10.2 Å². The Morgan fingerprint density at radius 3 is 2.47 bits per heavy atom. The van der Waals surface area contributed by atoms with Crippen molar-refractivity contribution in [2.45, 2.75) is 102 Å². The van der Waals surface area contributed by atoms with Crippen molar-refractivity contribution < 1.29 is 9.59 Å². The van der Waals surface area contributed by atoms with Crippen LogP contribution in [0.2, 0.25) is 0 Å². The minimum atomic E-state index is -0.527. The first-order chi connectivity index (χ1) is 15.5. The van der Waals surface area contributed by atoms with Crippen LogP contribution in [0.4, 0.5) is 0 Å². The lowest BCUT2D eigenvalue weighted by atomic mass is 9.69. The van der Waals surface area contributed by atoms with Crippen LogP contribution >= 0.6 is 0 Å². The van der Waals surface area contributed by atoms with Crippen LogP contribution in [0.25, 0.3) is 0 Å². The van der Waals surface area contributed by atoms with Crippen molar-refractivity contribution in [1.29, 1.82) is 5.26 Å². The van der Waals surface area contributed by atoms with Gasteiger partial charge in [0.25, 0.3) is 0 Å². The summed E-state index contributed by atoms with van der Waals surface area (Å²) in [6, 6.07) is 12.6. The maximum absolute atomic E-state index is 12.9. The van der Waals surface area contributed by atoms with Gasteiger partial charge in [-0.3, -0.25) is 9.59 Å². The Kier molecular flexibility index (Phi) is 8.73. The summed E-state index contributed by atoms with van der Waals surface area (Å²) in [6.07, 6.45) is 10.2. The van der Waals surface area contributed by atoms with Crippen LogP contribution in [0.15, 0.2) is 30.3 Å². The molecule has 2 amide bonds. The van der Waals surface area contributed by atoms with Gasteiger partial charge in [0.15, 0.2) is 0 Å². The van der Waals surface area contributed by atoms with Gasteiger partial charge in [0.2, 0.25) is 11.8 Å². The second kappa shape index (κ2) is 11.5. The number of nitrogens with one attached hydrogen (secondary N) is 1. The first-order valence-corrected chi connectivity index (χ1v) is 12.5. The average Bonchev–Trinajstić information content (AvgIpc) is 3.31. The lowest BCUT2D eigenvalue weighted by Gasteiger charge is -2.31. The number of amides is 2. The van der Waals surface area contributed by atoms with Gasteiger partial charge in [-0.25, -0.2) is 0 Å². The molecule has 0 aromatic heterocycles. The fourth-order valence-corrected chi connectivity index (χ4v) is 5.46. The van der Waals surface area contributed by atoms with E-state index in [4.69, 9.17) is 0 Å². The zero-order chi connectivity index (χ0) is 23.0. The standard InChI is InChI=1S/C27H39N3O2/c1-21(2)27(20-28,22-12-5-3-6-13-22)18-10-9-17-25(31)30-19-11-16-24(30)26(32)29-23-14-7-4-8-15-23/h3,5-6,12-13,21,23-24H,4,7-11,14-19H2,1-2H3,(H,29,32)/t24-,27?/m1/s1. The van der Waals surface area contributed by atoms with Gasteiger partial charge in [-0.2, -0.15) is 5.26 Å². The molecule has 174 valence electrons. The summed E-state index contributed by atoms with van der Waals surface area (Å²) in [4.78, 5) is 27.6. The molecule has 1 aromatic carbocycles. The second-order valence-electron chi connectivity index (χ2n) is 9.90. The van der Waals surface area contributed by atoms with Gasteiger partial charge in [0.1, 0.15) is 6.04 Å². The lowest BCUT2D eigenvalue weighted by Crippen LogP contribution is -2.49. The molecule has 5 heteroatoms. The third-order valence-corrected chi connectivity index (χ3v) is 7.51. The summed E-state index contributed by atoms with van der Waals surface area (Å²) >= 11 is 0. The van der Waals surface area contributed by atoms with E-state index in [1.165, 1.54) is 19.3 Å². The molecule has 1 saturated heterocycles. The maximum atomic E-state index is 12.9. The van der Waals surface area contributed by atoms with E-state index in [1.807, 2.05) is 30.3 Å². The van der Waals surface area contributed by atoms with Crippen LogP contribution in [0.1, 0.15) is 90.0 Å². The zero-order valence-electron chi connectivity index (χ0n) is 19.8. The normalized spacial score (nSPS) is 21.2. The fourth-order valence-electron chi connectivity index (χ4n) is 5.46. The molecule has 2 fully saturated rings. The van der Waals surface area contributed by atoms with E-state index in [0.717, 1.165) is 50.5 Å². The molecule has 3 rings (SSSR count). The highest BCUT2D eigenvalue weighted by Gasteiger charge is 2.36. The van der Waals surface area contributed by atoms with E-state index in [0.29, 0.717) is 13.0 Å². The highest BCUT2D eigenvalue weighted by atomic mass is 16.2. The van der Waals surface area contributed by atoms with Gasteiger partial charge < -0.3 is 10.2 Å². The quantitative estimate of drug-likeness (QED) is 0.546. The molecule has 0 spiro atoms. The number of carbonyl (C=O) groups excluding carboxylic acids is 2. The molecule has 2 aliphatic rings. The van der Waals surface area contributed by atoms with Crippen molar-refractivity contribution in [3.63, 3.8) is 0 Å². The lowest BCUT2D eigenvalue weighted by molar-refractivity contribution is -0.138. The van der Waals surface area contributed by atoms with Gasteiger partial charge in [0.05, 0.1) is 11.5 Å². The van der Waals surface area contributed by atoms with Crippen molar-refractivity contribution in [2.24, 2.45) is 5.92 Å². The van der Waals surface area contributed by atoms with Gasteiger partial charge in [-0.1, -0.05) is 69.9 Å². The van der Waals surface area contributed by atoms with Gasteiger partial charge in [-0.15, -0.1) is 0 Å². The van der Waals surface area contributed by atoms with E-state index < -0.39 is 5.41 Å². The topological polar surface area (TPSA) is 73.2 Å². The predicted octanol–water partition coefficient (Wildman–Crippen LogP) is 5.10. The van der Waals surface area contributed by atoms with E-state index >= 15 is 0 Å². The van der Waals surface area contributed by atoms with E-state index in [9.17, 15) is 14.9 Å². The highest BCUT2D eigenvalue weighted by Crippen LogP contribution is 2.37. The molecule has 1 N–H and O–H groups in total. The van der Waals surface area contributed by atoms with E-state index in [-0.39, 0.29) is 29.8 Å². The molecular formula is C27H39N3O2. The number of nitrogens with zero attached hydrogens (tertiary/aromatic N) is 2. The van der Waals surface area contributed by atoms with Crippen molar-refractivity contribution in [3.05, 3.63) is 35.9 Å². The van der Waals surface area contributed by atoms with Gasteiger partial charge in [-0.05, 0) is 50.0 Å². The van der Waals surface area contributed by atoms with E-state index in [1.54, 1.807) is 4.90 Å². The Labute approximate surface area is 193 Å². The molecule has 1 heterocycles. The smallest absolute Gasteiger partial charge is 0.243 e. The van der Waals surface area contributed by atoms with Gasteiger partial charge >= 0.3 is 0 Å². The largest absolute Gasteiger partial charge is 0.352 e. The third kappa shape index (κ3) is 5.71. The number of carbonyl (C=O) groups is 2. The Bertz CT molecular complexity index is 795. The zero-order valence-corrected chi connectivity index (χ0v) is 19.8. The van der Waals surface area contributed by atoms with Crippen molar-refractivity contribution in [3.8, 4) is 6.07 Å². The number of unbranched alkanes of at least 4 members (excludes halogenated alkanes) is 1. The Balaban J connectivity index is 1.51. The number of benzene rings is 1. The number of hydrogen-bond donors (Lipinski definition) is 1. The maximum Gasteiger partial charge on any atom is 0.243 e. The monoisotopic (exact) mass is 437 g/mol. The number of nitriles is 1. The molecule has 1 saturated carbocycles. The summed E-state index contributed by atoms with van der Waals surface area (Å²) in [5, 5.41) is 13.2. The molecule has 1 aliphatic carbocycles. The van der Waals surface area contributed by atoms with Gasteiger partial charge in [0, 0.05) is 19.0 Å². The molecule has 5 nitrogen and oxygen atoms in total. The Morgan fingerprint density at radius 1 is 1.09 bits per heavy atom. The fraction of sp³-hybridized carbons (Fsp3) is 0.667. The number of likely N-dealkylation sites (tertiary alicyclic amines) is 1. The highest BCUT2D eigenvalue weighted by molar-refractivity contribution is 5.88. The Hall–Kier alpha value is -2.35. The SMILES string of the molecule is CC(C)C(C#N)(CCCCC(=O)N1CCC[C@@H]1C(=O)NC1CCCCC1)c1ccccc1. The minimum absolute atomic E-state index is 0.0372. The second-order valence-corrected chi connectivity index (χ2v) is 9.90. The van der Waals surface area contributed by atoms with Crippen LogP contribution in [-0.2, 0) is 15.0 Å². The predicted molar refractivity (Wildman–Crippen MR) is 127 cm³/mol. The van der Waals surface area contributed by atoms with E-state index in [2.05, 4.69) is 25.2 Å². The summed E-state index contributed by atoms with van der Waals surface area (Å²) in [7, 11) is 0. The molecule has 0 radical (unpaired) electrons. The van der Waals surface area contributed by atoms with Crippen LogP contribution in [0.5, 0.6) is 0 Å². The van der Waals surface area contributed by atoms with Crippen molar-refractivity contribution >= 4 is 11.8 Å². The molecular weight excluding hydrogens is 398 g/mol. The summed E-state index contributed by atoms with van der Waals surface area (Å²) < 4.78 is 0. The molecule has 1 unspecified atom stereocenters. The minimum Gasteiger partial charge on any atom is -0.352 e. The molecule has 0 bridgehead atoms. The molecule has 2 atom stereocenters. The van der Waals surface area contributed by atoms with Crippen LogP contribution in [0, 0.1) is 17.2 Å². The number of hydrogen-bond acceptors (Lipinski definition) is 3. The molecule has 1 aromatic rings. The van der Waals surface area contributed by atoms with Crippen LogP contribution < -0.4 is 5.32 Å². The summed E-state index contributed by atoms with van der Waals surface area (Å²) in [5.41, 5.74) is 0.531. The molecule has 1 aliphatic heterocycles. The summed E-state index contributed by atoms with van der Waals surface area (Å²) in [6.45, 7) is 4.88. The van der Waals surface area contributed by atoms with Crippen LogP contribution in [0.3, 0.4) is 0 Å². The first kappa shape index (κ1) is 24.3. The average molecular weight is 438 g/mol. The van der Waals surface area contributed by atoms with Crippen molar-refractivity contribution in [2.75, 3.05) is 6.54 Å². The first-order valence-electron chi connectivity index (χ1n) is 12.5. The van der Waals surface area contributed by atoms with Crippen LogP contribution in [-0.4, -0.2) is 35.3 Å².